The third-order valence-corrected chi connectivity index (χ3v) is 10.7. The Labute approximate surface area is 269 Å². The standard InChI is InChI=1S/C32H39BrF3N5O4/c1-31(2,3)45-30(42)41-19-4-5-20(41)13-40(12-19)28-23-21-14-43-15-22(21)24(33)25(34)26(23)37-29(38-28)44-17-32(8-9-32)16-39-10-6-18(7-11-39)27(35)36/h19-20H,4-17H2,1-3H3/t19-,20+. The molecule has 3 saturated heterocycles. The van der Waals surface area contributed by atoms with Gasteiger partial charge in [0.05, 0.1) is 41.8 Å². The Morgan fingerprint density at radius 3 is 2.36 bits per heavy atom. The number of piperazine rings is 1. The summed E-state index contributed by atoms with van der Waals surface area (Å²) in [6.07, 6.45) is 2.56. The minimum absolute atomic E-state index is 0.0573. The minimum Gasteiger partial charge on any atom is -0.463 e. The number of rotatable bonds is 6. The lowest BCUT2D eigenvalue weighted by atomic mass is 10.0. The van der Waals surface area contributed by atoms with E-state index >= 15 is 4.39 Å². The van der Waals surface area contributed by atoms with Crippen LogP contribution in [-0.4, -0.2) is 82.9 Å². The van der Waals surface area contributed by atoms with Crippen molar-refractivity contribution in [3.05, 3.63) is 33.1 Å². The first-order chi connectivity index (χ1) is 21.4. The molecule has 5 heterocycles. The van der Waals surface area contributed by atoms with E-state index < -0.39 is 17.5 Å². The fourth-order valence-corrected chi connectivity index (χ4v) is 7.86. The number of carbonyl (C=O) groups is 1. The Bertz CT molecular complexity index is 1530. The predicted octanol–water partition coefficient (Wildman–Crippen LogP) is 6.56. The van der Waals surface area contributed by atoms with Crippen LogP contribution < -0.4 is 9.64 Å². The summed E-state index contributed by atoms with van der Waals surface area (Å²) in [4.78, 5) is 28.9. The second-order valence-corrected chi connectivity index (χ2v) is 15.0. The van der Waals surface area contributed by atoms with E-state index in [1.807, 2.05) is 25.7 Å². The Kier molecular flexibility index (Phi) is 7.96. The zero-order valence-corrected chi connectivity index (χ0v) is 27.5. The lowest BCUT2D eigenvalue weighted by Gasteiger charge is -2.42. The summed E-state index contributed by atoms with van der Waals surface area (Å²) < 4.78 is 60.1. The smallest absolute Gasteiger partial charge is 0.410 e. The van der Waals surface area contributed by atoms with E-state index in [1.165, 1.54) is 0 Å². The number of carbonyl (C=O) groups excluding carboxylic acids is 1. The summed E-state index contributed by atoms with van der Waals surface area (Å²) in [6, 6.07) is -0.00473. The van der Waals surface area contributed by atoms with Gasteiger partial charge >= 0.3 is 12.1 Å². The van der Waals surface area contributed by atoms with Crippen molar-refractivity contribution in [1.82, 2.24) is 19.8 Å². The van der Waals surface area contributed by atoms with Crippen molar-refractivity contribution in [3.63, 3.8) is 0 Å². The van der Waals surface area contributed by atoms with Gasteiger partial charge in [0.15, 0.2) is 5.82 Å². The second kappa shape index (κ2) is 11.6. The molecule has 13 heteroatoms. The molecule has 0 radical (unpaired) electrons. The third-order valence-electron chi connectivity index (χ3n) is 9.83. The Morgan fingerprint density at radius 2 is 1.73 bits per heavy atom. The molecule has 1 amide bonds. The van der Waals surface area contributed by atoms with Crippen LogP contribution in [0.5, 0.6) is 6.01 Å². The summed E-state index contributed by atoms with van der Waals surface area (Å²) in [5.41, 5.74) is 1.38. The zero-order chi connectivity index (χ0) is 31.7. The quantitative estimate of drug-likeness (QED) is 0.337. The molecule has 2 aromatic rings. The van der Waals surface area contributed by atoms with Gasteiger partial charge in [-0.05, 0) is 86.4 Å². The van der Waals surface area contributed by atoms with E-state index in [1.54, 1.807) is 0 Å². The maximum absolute atomic E-state index is 16.0. The number of fused-ring (bicyclic) bond motifs is 5. The van der Waals surface area contributed by atoms with Gasteiger partial charge in [-0.1, -0.05) is 0 Å². The number of piperidine rings is 1. The number of halogens is 4. The van der Waals surface area contributed by atoms with Gasteiger partial charge in [-0.3, -0.25) is 4.90 Å². The van der Waals surface area contributed by atoms with E-state index in [9.17, 15) is 13.6 Å². The highest BCUT2D eigenvalue weighted by Gasteiger charge is 2.47. The molecule has 45 heavy (non-hydrogen) atoms. The molecule has 4 aliphatic heterocycles. The fraction of sp³-hybridized carbons (Fsp3) is 0.656. The number of hydrogen-bond donors (Lipinski definition) is 0. The maximum atomic E-state index is 16.0. The molecule has 244 valence electrons. The van der Waals surface area contributed by atoms with Gasteiger partial charge in [-0.2, -0.15) is 18.7 Å². The Morgan fingerprint density at radius 1 is 1.07 bits per heavy atom. The van der Waals surface area contributed by atoms with E-state index in [2.05, 4.69) is 30.7 Å². The van der Waals surface area contributed by atoms with Crippen molar-refractivity contribution in [1.29, 1.82) is 0 Å². The molecule has 1 aromatic heterocycles. The number of benzene rings is 1. The Hall–Kier alpha value is -2.64. The highest BCUT2D eigenvalue weighted by molar-refractivity contribution is 9.10. The molecule has 4 fully saturated rings. The van der Waals surface area contributed by atoms with Crippen molar-refractivity contribution in [2.24, 2.45) is 5.41 Å². The summed E-state index contributed by atoms with van der Waals surface area (Å²) in [7, 11) is 0. The van der Waals surface area contributed by atoms with Crippen molar-refractivity contribution in [3.8, 4) is 6.01 Å². The van der Waals surface area contributed by atoms with Crippen LogP contribution in [0.3, 0.4) is 0 Å². The number of aromatic nitrogens is 2. The summed E-state index contributed by atoms with van der Waals surface area (Å²) in [5.74, 6) is 0.119. The molecule has 5 aliphatic rings. The van der Waals surface area contributed by atoms with Crippen LogP contribution in [0, 0.1) is 11.2 Å². The first-order valence-electron chi connectivity index (χ1n) is 15.8. The summed E-state index contributed by atoms with van der Waals surface area (Å²) >= 11 is 3.44. The summed E-state index contributed by atoms with van der Waals surface area (Å²) in [6.45, 7) is 9.63. The van der Waals surface area contributed by atoms with E-state index in [4.69, 9.17) is 19.2 Å². The molecule has 1 aliphatic carbocycles. The number of nitrogens with zero attached hydrogens (tertiary/aromatic N) is 5. The van der Waals surface area contributed by atoms with Gasteiger partial charge in [0.2, 0.25) is 0 Å². The molecule has 0 N–H and O–H groups in total. The van der Waals surface area contributed by atoms with Crippen LogP contribution in [-0.2, 0) is 22.7 Å². The van der Waals surface area contributed by atoms with Gasteiger partial charge in [0, 0.05) is 43.7 Å². The normalized spacial score (nSPS) is 24.3. The number of ether oxygens (including phenoxy) is 3. The first kappa shape index (κ1) is 31.0. The van der Waals surface area contributed by atoms with Crippen LogP contribution >= 0.6 is 15.9 Å². The Balaban J connectivity index is 1.16. The van der Waals surface area contributed by atoms with Crippen LogP contribution in [0.4, 0.5) is 23.8 Å². The average Bonchev–Trinajstić information content (AvgIpc) is 3.46. The number of likely N-dealkylation sites (tertiary alicyclic amines) is 1. The molecule has 0 spiro atoms. The highest BCUT2D eigenvalue weighted by atomic mass is 79.9. The molecule has 1 aromatic carbocycles. The predicted molar refractivity (Wildman–Crippen MR) is 165 cm³/mol. The van der Waals surface area contributed by atoms with Crippen molar-refractivity contribution >= 4 is 38.7 Å². The van der Waals surface area contributed by atoms with Gasteiger partial charge in [-0.25, -0.2) is 9.18 Å². The van der Waals surface area contributed by atoms with Crippen LogP contribution in [0.1, 0.15) is 70.4 Å². The summed E-state index contributed by atoms with van der Waals surface area (Å²) in [5, 5.41) is 0.624. The molecular weight excluding hydrogens is 655 g/mol. The topological polar surface area (TPSA) is 80.3 Å². The molecule has 1 saturated carbocycles. The highest BCUT2D eigenvalue weighted by Crippen LogP contribution is 2.48. The lowest BCUT2D eigenvalue weighted by Crippen LogP contribution is -2.57. The molecule has 7 rings (SSSR count). The zero-order valence-electron chi connectivity index (χ0n) is 25.9. The van der Waals surface area contributed by atoms with Crippen LogP contribution in [0.15, 0.2) is 16.1 Å². The van der Waals surface area contributed by atoms with Crippen molar-refractivity contribution < 1.29 is 32.2 Å². The third kappa shape index (κ3) is 6.00. The van der Waals surface area contributed by atoms with Gasteiger partial charge in [-0.15, -0.1) is 0 Å². The molecule has 2 atom stereocenters. The molecule has 9 nitrogen and oxygen atoms in total. The van der Waals surface area contributed by atoms with E-state index in [0.29, 0.717) is 74.5 Å². The van der Waals surface area contributed by atoms with Crippen molar-refractivity contribution in [2.45, 2.75) is 90.2 Å². The lowest BCUT2D eigenvalue weighted by molar-refractivity contribution is 0.0122. The van der Waals surface area contributed by atoms with E-state index in [-0.39, 0.29) is 40.7 Å². The van der Waals surface area contributed by atoms with Crippen LogP contribution in [0.2, 0.25) is 0 Å². The van der Waals surface area contributed by atoms with Crippen molar-refractivity contribution in [2.75, 3.05) is 44.2 Å². The fourth-order valence-electron chi connectivity index (χ4n) is 7.32. The largest absolute Gasteiger partial charge is 0.463 e. The van der Waals surface area contributed by atoms with Gasteiger partial charge < -0.3 is 24.0 Å². The molecule has 0 unspecified atom stereocenters. The SMILES string of the molecule is CC(C)(C)OC(=O)N1[C@@H]2CC[C@H]1CN(c1nc(OCC3(CN4CCC(=C(F)F)CC4)CC3)nc3c(F)c(Br)c4c(c13)COC4)C2. The molecular formula is C32H39BrF3N5O4. The van der Waals surface area contributed by atoms with E-state index in [0.717, 1.165) is 43.4 Å². The van der Waals surface area contributed by atoms with Crippen LogP contribution in [0.25, 0.3) is 10.9 Å². The minimum atomic E-state index is -1.54. The molecule has 2 bridgehead atoms. The number of amides is 1. The number of anilines is 1. The number of hydrogen-bond acceptors (Lipinski definition) is 8. The first-order valence-corrected chi connectivity index (χ1v) is 16.6. The maximum Gasteiger partial charge on any atom is 0.410 e. The van der Waals surface area contributed by atoms with Gasteiger partial charge in [0.25, 0.3) is 6.08 Å². The van der Waals surface area contributed by atoms with Gasteiger partial charge in [0.1, 0.15) is 16.9 Å². The second-order valence-electron chi connectivity index (χ2n) is 14.2. The average molecular weight is 695 g/mol. The monoisotopic (exact) mass is 693 g/mol.